The fraction of sp³-hybridized carbons (Fsp3) is 0.444. The average molecular weight is 359 g/mol. The molecule has 0 bridgehead atoms. The van der Waals surface area contributed by atoms with Crippen LogP contribution in [0.5, 0.6) is 0 Å². The Balaban J connectivity index is 1.84. The van der Waals surface area contributed by atoms with Gasteiger partial charge in [-0.25, -0.2) is 4.79 Å². The predicted octanol–water partition coefficient (Wildman–Crippen LogP) is 2.62. The summed E-state index contributed by atoms with van der Waals surface area (Å²) >= 11 is 0. The Kier molecular flexibility index (Phi) is 6.71. The van der Waals surface area contributed by atoms with E-state index < -0.39 is 0 Å². The fourth-order valence-electron chi connectivity index (χ4n) is 2.27. The van der Waals surface area contributed by atoms with Gasteiger partial charge in [-0.1, -0.05) is 19.0 Å². The Morgan fingerprint density at radius 2 is 2.00 bits per heavy atom. The molecule has 140 valence electrons. The molecular weight excluding hydrogens is 334 g/mol. The van der Waals surface area contributed by atoms with Gasteiger partial charge in [0.1, 0.15) is 0 Å². The molecule has 8 heteroatoms. The van der Waals surface area contributed by atoms with Crippen LogP contribution >= 0.6 is 0 Å². The molecule has 1 aromatic heterocycles. The van der Waals surface area contributed by atoms with Gasteiger partial charge in [0.15, 0.2) is 5.82 Å². The zero-order chi connectivity index (χ0) is 19.1. The van der Waals surface area contributed by atoms with Crippen LogP contribution in [0.1, 0.15) is 54.3 Å². The maximum atomic E-state index is 12.0. The van der Waals surface area contributed by atoms with E-state index >= 15 is 0 Å². The molecule has 0 saturated carbocycles. The van der Waals surface area contributed by atoms with Crippen molar-refractivity contribution in [3.8, 4) is 0 Å². The number of carbonyl (C=O) groups excluding carboxylic acids is 2. The number of urea groups is 1. The lowest BCUT2D eigenvalue weighted by Gasteiger charge is -2.11. The molecule has 1 heterocycles. The minimum absolute atomic E-state index is 0.132. The average Bonchev–Trinajstić information content (AvgIpc) is 3.06. The SMILES string of the molecule is CCNC(=O)c1ccc(NC(=O)NCCc2noc(C(C)C)n2)c(C)c1. The summed E-state index contributed by atoms with van der Waals surface area (Å²) in [5.74, 6) is 1.20. The highest BCUT2D eigenvalue weighted by atomic mass is 16.5. The van der Waals surface area contributed by atoms with E-state index in [-0.39, 0.29) is 17.9 Å². The lowest BCUT2D eigenvalue weighted by molar-refractivity contribution is 0.0955. The first kappa shape index (κ1) is 19.4. The largest absolute Gasteiger partial charge is 0.352 e. The molecule has 26 heavy (non-hydrogen) atoms. The van der Waals surface area contributed by atoms with Gasteiger partial charge < -0.3 is 20.5 Å². The molecule has 2 aromatic rings. The summed E-state index contributed by atoms with van der Waals surface area (Å²) < 4.78 is 5.12. The smallest absolute Gasteiger partial charge is 0.319 e. The van der Waals surface area contributed by atoms with E-state index in [1.807, 2.05) is 27.7 Å². The summed E-state index contributed by atoms with van der Waals surface area (Å²) in [5.41, 5.74) is 2.02. The number of aromatic nitrogens is 2. The van der Waals surface area contributed by atoms with E-state index in [2.05, 4.69) is 26.1 Å². The summed E-state index contributed by atoms with van der Waals surface area (Å²) in [6, 6.07) is 4.81. The third-order valence-corrected chi connectivity index (χ3v) is 3.69. The van der Waals surface area contributed by atoms with E-state index in [0.717, 1.165) is 5.56 Å². The molecule has 3 amide bonds. The monoisotopic (exact) mass is 359 g/mol. The standard InChI is InChI=1S/C18H25N5O3/c1-5-19-16(24)13-6-7-14(12(4)10-13)21-18(25)20-9-8-15-22-17(11(2)3)26-23-15/h6-7,10-11H,5,8-9H2,1-4H3,(H,19,24)(H2,20,21,25). The van der Waals surface area contributed by atoms with Crippen LogP contribution in [0.2, 0.25) is 0 Å². The van der Waals surface area contributed by atoms with Crippen LogP contribution in [0.3, 0.4) is 0 Å². The number of aryl methyl sites for hydroxylation is 1. The van der Waals surface area contributed by atoms with Crippen LogP contribution in [-0.2, 0) is 6.42 Å². The molecule has 8 nitrogen and oxygen atoms in total. The summed E-state index contributed by atoms with van der Waals surface area (Å²) in [6.45, 7) is 8.61. The van der Waals surface area contributed by atoms with E-state index in [9.17, 15) is 9.59 Å². The second kappa shape index (κ2) is 8.98. The Morgan fingerprint density at radius 3 is 2.62 bits per heavy atom. The van der Waals surface area contributed by atoms with Crippen LogP contribution in [0, 0.1) is 6.92 Å². The van der Waals surface area contributed by atoms with Gasteiger partial charge in [-0.2, -0.15) is 4.98 Å². The third kappa shape index (κ3) is 5.30. The molecule has 2 rings (SSSR count). The molecule has 0 aliphatic heterocycles. The van der Waals surface area contributed by atoms with Crippen LogP contribution in [-0.4, -0.2) is 35.2 Å². The van der Waals surface area contributed by atoms with Crippen molar-refractivity contribution in [1.29, 1.82) is 0 Å². The fourth-order valence-corrected chi connectivity index (χ4v) is 2.27. The van der Waals surface area contributed by atoms with Gasteiger partial charge in [-0.05, 0) is 37.6 Å². The van der Waals surface area contributed by atoms with Crippen LogP contribution in [0.4, 0.5) is 10.5 Å². The molecule has 0 radical (unpaired) electrons. The number of carbonyl (C=O) groups is 2. The lowest BCUT2D eigenvalue weighted by Crippen LogP contribution is -2.31. The van der Waals surface area contributed by atoms with Crippen molar-refractivity contribution >= 4 is 17.6 Å². The highest BCUT2D eigenvalue weighted by Crippen LogP contribution is 2.16. The molecule has 0 atom stereocenters. The zero-order valence-electron chi connectivity index (χ0n) is 15.5. The summed E-state index contributed by atoms with van der Waals surface area (Å²) in [6.07, 6.45) is 0.485. The Bertz CT molecular complexity index is 770. The lowest BCUT2D eigenvalue weighted by atomic mass is 10.1. The Labute approximate surface area is 152 Å². The summed E-state index contributed by atoms with van der Waals surface area (Å²) in [4.78, 5) is 28.1. The van der Waals surface area contributed by atoms with Gasteiger partial charge in [0.05, 0.1) is 0 Å². The first-order valence-corrected chi connectivity index (χ1v) is 8.66. The van der Waals surface area contributed by atoms with Crippen LogP contribution in [0.15, 0.2) is 22.7 Å². The molecule has 3 N–H and O–H groups in total. The first-order valence-electron chi connectivity index (χ1n) is 8.66. The van der Waals surface area contributed by atoms with Crippen molar-refractivity contribution in [1.82, 2.24) is 20.8 Å². The van der Waals surface area contributed by atoms with Crippen LogP contribution < -0.4 is 16.0 Å². The molecule has 0 unspecified atom stereocenters. The van der Waals surface area contributed by atoms with Crippen molar-refractivity contribution in [3.05, 3.63) is 41.0 Å². The number of nitrogens with zero attached hydrogens (tertiary/aromatic N) is 2. The highest BCUT2D eigenvalue weighted by Gasteiger charge is 2.11. The van der Waals surface area contributed by atoms with Crippen molar-refractivity contribution < 1.29 is 14.1 Å². The number of hydrogen-bond acceptors (Lipinski definition) is 5. The van der Waals surface area contributed by atoms with Gasteiger partial charge >= 0.3 is 6.03 Å². The van der Waals surface area contributed by atoms with Crippen molar-refractivity contribution in [3.63, 3.8) is 0 Å². The minimum atomic E-state index is -0.327. The van der Waals surface area contributed by atoms with Crippen molar-refractivity contribution in [2.45, 2.75) is 40.0 Å². The number of amides is 3. The number of nitrogens with one attached hydrogen (secondary N) is 3. The van der Waals surface area contributed by atoms with E-state index in [0.29, 0.717) is 42.5 Å². The van der Waals surface area contributed by atoms with E-state index in [4.69, 9.17) is 4.52 Å². The van der Waals surface area contributed by atoms with Gasteiger partial charge in [-0.15, -0.1) is 0 Å². The number of anilines is 1. The maximum Gasteiger partial charge on any atom is 0.319 e. The Hall–Kier alpha value is -2.90. The highest BCUT2D eigenvalue weighted by molar-refractivity contribution is 5.96. The topological polar surface area (TPSA) is 109 Å². The molecule has 0 spiro atoms. The van der Waals surface area contributed by atoms with Gasteiger partial charge in [-0.3, -0.25) is 4.79 Å². The minimum Gasteiger partial charge on any atom is -0.352 e. The summed E-state index contributed by atoms with van der Waals surface area (Å²) in [5, 5.41) is 12.1. The normalized spacial score (nSPS) is 10.7. The number of benzene rings is 1. The predicted molar refractivity (Wildman–Crippen MR) is 98.3 cm³/mol. The molecule has 0 saturated heterocycles. The molecule has 1 aromatic carbocycles. The van der Waals surface area contributed by atoms with Gasteiger partial charge in [0, 0.05) is 36.7 Å². The van der Waals surface area contributed by atoms with Crippen molar-refractivity contribution in [2.75, 3.05) is 18.4 Å². The third-order valence-electron chi connectivity index (χ3n) is 3.69. The zero-order valence-corrected chi connectivity index (χ0v) is 15.5. The molecular formula is C18H25N5O3. The Morgan fingerprint density at radius 1 is 1.23 bits per heavy atom. The first-order chi connectivity index (χ1) is 12.4. The second-order valence-corrected chi connectivity index (χ2v) is 6.22. The second-order valence-electron chi connectivity index (χ2n) is 6.22. The van der Waals surface area contributed by atoms with E-state index in [1.165, 1.54) is 0 Å². The molecule has 0 aliphatic carbocycles. The van der Waals surface area contributed by atoms with Crippen molar-refractivity contribution in [2.24, 2.45) is 0 Å². The summed E-state index contributed by atoms with van der Waals surface area (Å²) in [7, 11) is 0. The molecule has 0 fully saturated rings. The number of hydrogen-bond donors (Lipinski definition) is 3. The van der Waals surface area contributed by atoms with E-state index in [1.54, 1.807) is 18.2 Å². The van der Waals surface area contributed by atoms with Gasteiger partial charge in [0.25, 0.3) is 5.91 Å². The molecule has 0 aliphatic rings. The van der Waals surface area contributed by atoms with Crippen LogP contribution in [0.25, 0.3) is 0 Å². The van der Waals surface area contributed by atoms with Gasteiger partial charge in [0.2, 0.25) is 5.89 Å². The number of rotatable bonds is 7. The quantitative estimate of drug-likeness (QED) is 0.704. The maximum absolute atomic E-state index is 12.0.